The first-order valence-electron chi connectivity index (χ1n) is 9.06. The first-order chi connectivity index (χ1) is 10.7. The maximum Gasteiger partial charge on any atom is 0.315 e. The molecule has 2 amide bonds. The Kier molecular flexibility index (Phi) is 5.24. The average molecular weight is 310 g/mol. The van der Waals surface area contributed by atoms with Gasteiger partial charge in [-0.05, 0) is 38.5 Å². The van der Waals surface area contributed by atoms with Crippen molar-refractivity contribution in [3.05, 3.63) is 0 Å². The van der Waals surface area contributed by atoms with Gasteiger partial charge in [0.2, 0.25) is 0 Å². The third-order valence-corrected chi connectivity index (χ3v) is 5.64. The molecule has 0 aromatic carbocycles. The molecule has 3 N–H and O–H groups in total. The van der Waals surface area contributed by atoms with E-state index in [0.29, 0.717) is 0 Å². The standard InChI is InChI=1S/C17H30N2O3/c20-15-7-3-2-6-14(15)19-16(21)18-13-8-11-22-17(12-13)9-4-1-5-10-17/h13-15,20H,1-12H2,(H2,18,19,21). The summed E-state index contributed by atoms with van der Waals surface area (Å²) in [4.78, 5) is 12.2. The molecule has 3 atom stereocenters. The van der Waals surface area contributed by atoms with Gasteiger partial charge in [0, 0.05) is 12.6 Å². The van der Waals surface area contributed by atoms with Gasteiger partial charge in [0.25, 0.3) is 0 Å². The molecule has 1 heterocycles. The zero-order valence-corrected chi connectivity index (χ0v) is 13.5. The lowest BCUT2D eigenvalue weighted by Gasteiger charge is -2.43. The molecule has 1 aliphatic heterocycles. The molecule has 2 saturated carbocycles. The predicted octanol–water partition coefficient (Wildman–Crippen LogP) is 2.47. The van der Waals surface area contributed by atoms with E-state index in [2.05, 4.69) is 10.6 Å². The highest BCUT2D eigenvalue weighted by molar-refractivity contribution is 5.74. The molecule has 0 aromatic heterocycles. The number of urea groups is 1. The minimum Gasteiger partial charge on any atom is -0.391 e. The normalized spacial score (nSPS) is 35.0. The number of hydrogen-bond acceptors (Lipinski definition) is 3. The summed E-state index contributed by atoms with van der Waals surface area (Å²) in [6.45, 7) is 0.747. The molecule has 2 aliphatic carbocycles. The van der Waals surface area contributed by atoms with E-state index < -0.39 is 0 Å². The number of hydrogen-bond donors (Lipinski definition) is 3. The third kappa shape index (κ3) is 3.93. The summed E-state index contributed by atoms with van der Waals surface area (Å²) in [5, 5.41) is 16.0. The van der Waals surface area contributed by atoms with Gasteiger partial charge in [-0.3, -0.25) is 0 Å². The molecule has 0 aromatic rings. The highest BCUT2D eigenvalue weighted by atomic mass is 16.5. The third-order valence-electron chi connectivity index (χ3n) is 5.64. The van der Waals surface area contributed by atoms with Crippen molar-refractivity contribution in [3.63, 3.8) is 0 Å². The van der Waals surface area contributed by atoms with Crippen molar-refractivity contribution in [2.24, 2.45) is 0 Å². The van der Waals surface area contributed by atoms with Gasteiger partial charge in [-0.15, -0.1) is 0 Å². The van der Waals surface area contributed by atoms with Crippen molar-refractivity contribution in [2.45, 2.75) is 94.4 Å². The van der Waals surface area contributed by atoms with Gasteiger partial charge in [-0.1, -0.05) is 32.1 Å². The summed E-state index contributed by atoms with van der Waals surface area (Å²) in [7, 11) is 0. The maximum atomic E-state index is 12.2. The molecule has 3 fully saturated rings. The van der Waals surface area contributed by atoms with Crippen molar-refractivity contribution in [2.75, 3.05) is 6.61 Å². The monoisotopic (exact) mass is 310 g/mol. The fourth-order valence-corrected chi connectivity index (χ4v) is 4.37. The largest absolute Gasteiger partial charge is 0.391 e. The molecule has 5 heteroatoms. The average Bonchev–Trinajstić information content (AvgIpc) is 2.50. The number of nitrogens with one attached hydrogen (secondary N) is 2. The lowest BCUT2D eigenvalue weighted by atomic mass is 9.78. The van der Waals surface area contributed by atoms with Gasteiger partial charge in [0.05, 0.1) is 17.7 Å². The minimum atomic E-state index is -0.390. The smallest absolute Gasteiger partial charge is 0.315 e. The van der Waals surface area contributed by atoms with Crippen LogP contribution in [0.5, 0.6) is 0 Å². The van der Waals surface area contributed by atoms with Gasteiger partial charge in [-0.2, -0.15) is 0 Å². The second-order valence-electron chi connectivity index (χ2n) is 7.36. The number of carbonyl (C=O) groups is 1. The summed E-state index contributed by atoms with van der Waals surface area (Å²) in [5.74, 6) is 0. The van der Waals surface area contributed by atoms with Gasteiger partial charge in [0.15, 0.2) is 0 Å². The van der Waals surface area contributed by atoms with Crippen molar-refractivity contribution in [1.29, 1.82) is 0 Å². The zero-order valence-electron chi connectivity index (χ0n) is 13.5. The SMILES string of the molecule is O=C(NC1CCOC2(CCCCC2)C1)NC1CCCCC1O. The Balaban J connectivity index is 1.48. The van der Waals surface area contributed by atoms with Crippen molar-refractivity contribution in [3.8, 4) is 0 Å². The van der Waals surface area contributed by atoms with E-state index in [4.69, 9.17) is 4.74 Å². The lowest BCUT2D eigenvalue weighted by molar-refractivity contribution is -0.107. The highest BCUT2D eigenvalue weighted by Gasteiger charge is 2.39. The van der Waals surface area contributed by atoms with Crippen LogP contribution in [0.15, 0.2) is 0 Å². The molecule has 1 saturated heterocycles. The predicted molar refractivity (Wildman–Crippen MR) is 84.7 cm³/mol. The molecule has 3 rings (SSSR count). The van der Waals surface area contributed by atoms with Crippen LogP contribution in [0.3, 0.4) is 0 Å². The topological polar surface area (TPSA) is 70.6 Å². The molecule has 0 radical (unpaired) electrons. The van der Waals surface area contributed by atoms with Gasteiger partial charge < -0.3 is 20.5 Å². The van der Waals surface area contributed by atoms with Crippen molar-refractivity contribution in [1.82, 2.24) is 10.6 Å². The maximum absolute atomic E-state index is 12.2. The first-order valence-corrected chi connectivity index (χ1v) is 9.06. The first kappa shape index (κ1) is 16.1. The van der Waals surface area contributed by atoms with Gasteiger partial charge in [-0.25, -0.2) is 4.79 Å². The second-order valence-corrected chi connectivity index (χ2v) is 7.36. The Morgan fingerprint density at radius 3 is 2.55 bits per heavy atom. The Labute approximate surface area is 133 Å². The molecule has 3 unspecified atom stereocenters. The van der Waals surface area contributed by atoms with Crippen LogP contribution in [0.4, 0.5) is 4.79 Å². The van der Waals surface area contributed by atoms with E-state index in [1.165, 1.54) is 19.3 Å². The van der Waals surface area contributed by atoms with E-state index in [1.54, 1.807) is 0 Å². The van der Waals surface area contributed by atoms with Crippen LogP contribution in [0.1, 0.15) is 70.6 Å². The molecular formula is C17H30N2O3. The van der Waals surface area contributed by atoms with Crippen LogP contribution < -0.4 is 10.6 Å². The number of aliphatic hydroxyl groups excluding tert-OH is 1. The van der Waals surface area contributed by atoms with E-state index in [1.807, 2.05) is 0 Å². The Bertz CT molecular complexity index is 377. The van der Waals surface area contributed by atoms with Crippen LogP contribution >= 0.6 is 0 Å². The van der Waals surface area contributed by atoms with E-state index in [0.717, 1.165) is 58.0 Å². The quantitative estimate of drug-likeness (QED) is 0.734. The zero-order chi connectivity index (χ0) is 15.4. The molecule has 1 spiro atoms. The molecule has 0 bridgehead atoms. The number of amides is 2. The second kappa shape index (κ2) is 7.18. The van der Waals surface area contributed by atoms with Crippen LogP contribution in [0.25, 0.3) is 0 Å². The van der Waals surface area contributed by atoms with Crippen molar-refractivity contribution >= 4 is 6.03 Å². The number of ether oxygens (including phenoxy) is 1. The molecular weight excluding hydrogens is 280 g/mol. The highest BCUT2D eigenvalue weighted by Crippen LogP contribution is 2.38. The Morgan fingerprint density at radius 2 is 1.77 bits per heavy atom. The van der Waals surface area contributed by atoms with E-state index in [-0.39, 0.29) is 29.8 Å². The fourth-order valence-electron chi connectivity index (χ4n) is 4.37. The molecule has 3 aliphatic rings. The van der Waals surface area contributed by atoms with Crippen LogP contribution in [0, 0.1) is 0 Å². The van der Waals surface area contributed by atoms with Crippen LogP contribution in [-0.4, -0.2) is 41.5 Å². The number of carbonyl (C=O) groups excluding carboxylic acids is 1. The molecule has 126 valence electrons. The number of rotatable bonds is 2. The summed E-state index contributed by atoms with van der Waals surface area (Å²) in [6.07, 6.45) is 11.3. The van der Waals surface area contributed by atoms with Crippen molar-refractivity contribution < 1.29 is 14.6 Å². The summed E-state index contributed by atoms with van der Waals surface area (Å²) in [5.41, 5.74) is 0.0127. The summed E-state index contributed by atoms with van der Waals surface area (Å²) >= 11 is 0. The Morgan fingerprint density at radius 1 is 1.00 bits per heavy atom. The van der Waals surface area contributed by atoms with Crippen LogP contribution in [-0.2, 0) is 4.74 Å². The van der Waals surface area contributed by atoms with Gasteiger partial charge in [0.1, 0.15) is 0 Å². The molecule has 22 heavy (non-hydrogen) atoms. The van der Waals surface area contributed by atoms with Gasteiger partial charge >= 0.3 is 6.03 Å². The number of aliphatic hydroxyl groups is 1. The lowest BCUT2D eigenvalue weighted by Crippen LogP contribution is -2.54. The Hall–Kier alpha value is -0.810. The summed E-state index contributed by atoms with van der Waals surface area (Å²) in [6, 6.07) is -0.00590. The summed E-state index contributed by atoms with van der Waals surface area (Å²) < 4.78 is 6.07. The van der Waals surface area contributed by atoms with E-state index in [9.17, 15) is 9.90 Å². The van der Waals surface area contributed by atoms with Crippen LogP contribution in [0.2, 0.25) is 0 Å². The molecule has 5 nitrogen and oxygen atoms in total. The van der Waals surface area contributed by atoms with E-state index >= 15 is 0 Å². The minimum absolute atomic E-state index is 0.0127. The fraction of sp³-hybridized carbons (Fsp3) is 0.941.